The Kier molecular flexibility index (Phi) is 6.94. The van der Waals surface area contributed by atoms with Crippen LogP contribution in [0.5, 0.6) is 0 Å². The van der Waals surface area contributed by atoms with Gasteiger partial charge in [0.25, 0.3) is 0 Å². The van der Waals surface area contributed by atoms with Gasteiger partial charge in [0.2, 0.25) is 0 Å². The molecule has 0 bridgehead atoms. The van der Waals surface area contributed by atoms with Crippen LogP contribution in [-0.4, -0.2) is 24.7 Å². The van der Waals surface area contributed by atoms with Crippen LogP contribution < -0.4 is 10.6 Å². The number of carbonyl (C=O) groups excluding carboxylic acids is 2. The van der Waals surface area contributed by atoms with Gasteiger partial charge in [-0.1, -0.05) is 58.5 Å². The molecule has 6 heteroatoms. The van der Waals surface area contributed by atoms with Crippen LogP contribution in [0.3, 0.4) is 0 Å². The molecule has 0 saturated heterocycles. The van der Waals surface area contributed by atoms with Gasteiger partial charge in [-0.15, -0.1) is 0 Å². The molecule has 0 atom stereocenters. The van der Waals surface area contributed by atoms with Gasteiger partial charge in [-0.2, -0.15) is 0 Å². The molecule has 0 saturated carbocycles. The summed E-state index contributed by atoms with van der Waals surface area (Å²) in [6.07, 6.45) is 4.11. The van der Waals surface area contributed by atoms with E-state index in [4.69, 9.17) is 0 Å². The van der Waals surface area contributed by atoms with E-state index in [2.05, 4.69) is 56.3 Å². The topological polar surface area (TPSA) is 58.2 Å². The highest BCUT2D eigenvalue weighted by atomic mass is 79.9. The van der Waals surface area contributed by atoms with E-state index in [0.717, 1.165) is 38.8 Å². The van der Waals surface area contributed by atoms with Crippen molar-refractivity contribution in [2.75, 3.05) is 23.7 Å². The van der Waals surface area contributed by atoms with E-state index < -0.39 is 0 Å². The van der Waals surface area contributed by atoms with Gasteiger partial charge in [0.15, 0.2) is 11.6 Å². The van der Waals surface area contributed by atoms with E-state index in [-0.39, 0.29) is 11.6 Å². The van der Waals surface area contributed by atoms with E-state index >= 15 is 0 Å². The summed E-state index contributed by atoms with van der Waals surface area (Å²) in [6.45, 7) is 5.76. The summed E-state index contributed by atoms with van der Waals surface area (Å²) in [5.41, 5.74) is 3.22. The summed E-state index contributed by atoms with van der Waals surface area (Å²) in [5, 5.41) is 6.67. The molecule has 0 fully saturated rings. The Morgan fingerprint density at radius 2 is 1.07 bits per heavy atom. The minimum Gasteiger partial charge on any atom is -0.384 e. The first kappa shape index (κ1) is 21.1. The molecule has 0 amide bonds. The molecule has 0 spiro atoms. The lowest BCUT2D eigenvalue weighted by Crippen LogP contribution is -2.25. The average molecular weight is 508 g/mol. The number of unbranched alkanes of at least 4 members (excludes halogenated alkanes) is 2. The van der Waals surface area contributed by atoms with Crippen molar-refractivity contribution in [3.63, 3.8) is 0 Å². The Morgan fingerprint density at radius 1 is 0.679 bits per heavy atom. The summed E-state index contributed by atoms with van der Waals surface area (Å²) >= 11 is 6.98. The first-order valence-corrected chi connectivity index (χ1v) is 11.3. The lowest BCUT2D eigenvalue weighted by molar-refractivity contribution is 0.0979. The quantitative estimate of drug-likeness (QED) is 0.346. The summed E-state index contributed by atoms with van der Waals surface area (Å²) in [5.74, 6) is -0.258. The first-order chi connectivity index (χ1) is 13.5. The highest BCUT2D eigenvalue weighted by molar-refractivity contribution is 9.10. The van der Waals surface area contributed by atoms with Crippen molar-refractivity contribution >= 4 is 54.8 Å². The number of carbonyl (C=O) groups is 2. The van der Waals surface area contributed by atoms with Crippen LogP contribution in [0.2, 0.25) is 0 Å². The molecule has 0 radical (unpaired) electrons. The number of hydrogen-bond donors (Lipinski definition) is 2. The van der Waals surface area contributed by atoms with Gasteiger partial charge in [-0.3, -0.25) is 9.59 Å². The summed E-state index contributed by atoms with van der Waals surface area (Å²) in [6, 6.07) is 7.41. The van der Waals surface area contributed by atoms with E-state index in [1.165, 1.54) is 0 Å². The highest BCUT2D eigenvalue weighted by Crippen LogP contribution is 2.41. The molecule has 1 aliphatic rings. The van der Waals surface area contributed by atoms with Crippen LogP contribution >= 0.6 is 31.9 Å². The molecule has 0 aromatic heterocycles. The van der Waals surface area contributed by atoms with Crippen LogP contribution in [0, 0.1) is 0 Å². The van der Waals surface area contributed by atoms with E-state index in [0.29, 0.717) is 42.6 Å². The number of benzene rings is 2. The van der Waals surface area contributed by atoms with E-state index in [1.807, 2.05) is 24.3 Å². The molecule has 2 aromatic carbocycles. The molecule has 148 valence electrons. The molecule has 0 aliphatic heterocycles. The smallest absolute Gasteiger partial charge is 0.197 e. The Bertz CT molecular complexity index is 850. The van der Waals surface area contributed by atoms with Crippen molar-refractivity contribution < 1.29 is 9.59 Å². The summed E-state index contributed by atoms with van der Waals surface area (Å²) < 4.78 is 1.29. The first-order valence-electron chi connectivity index (χ1n) is 9.73. The van der Waals surface area contributed by atoms with Gasteiger partial charge in [0.1, 0.15) is 0 Å². The minimum absolute atomic E-state index is 0.129. The zero-order valence-corrected chi connectivity index (χ0v) is 19.3. The van der Waals surface area contributed by atoms with Crippen molar-refractivity contribution in [3.05, 3.63) is 55.5 Å². The molecule has 2 N–H and O–H groups in total. The zero-order chi connectivity index (χ0) is 20.3. The third-order valence-electron chi connectivity index (χ3n) is 4.91. The molecule has 0 heterocycles. The number of hydrogen-bond acceptors (Lipinski definition) is 4. The van der Waals surface area contributed by atoms with Gasteiger partial charge in [0, 0.05) is 33.4 Å². The van der Waals surface area contributed by atoms with Gasteiger partial charge in [0.05, 0.1) is 22.3 Å². The Labute approximate surface area is 182 Å². The van der Waals surface area contributed by atoms with Gasteiger partial charge in [-0.25, -0.2) is 0 Å². The maximum absolute atomic E-state index is 13.5. The second-order valence-electron chi connectivity index (χ2n) is 6.91. The maximum Gasteiger partial charge on any atom is 0.197 e. The number of halogens is 2. The van der Waals surface area contributed by atoms with E-state index in [9.17, 15) is 9.59 Å². The van der Waals surface area contributed by atoms with Crippen LogP contribution in [-0.2, 0) is 0 Å². The van der Waals surface area contributed by atoms with Crippen LogP contribution in [0.25, 0.3) is 0 Å². The fourth-order valence-electron chi connectivity index (χ4n) is 3.41. The normalized spacial score (nSPS) is 12.6. The summed E-state index contributed by atoms with van der Waals surface area (Å²) in [4.78, 5) is 27.0. The second-order valence-corrected chi connectivity index (χ2v) is 8.62. The molecular weight excluding hydrogens is 484 g/mol. The Balaban J connectivity index is 2.12. The molecule has 28 heavy (non-hydrogen) atoms. The predicted octanol–water partition coefficient (Wildman–Crippen LogP) is 6.41. The number of fused-ring (bicyclic) bond motifs is 2. The Morgan fingerprint density at radius 3 is 1.43 bits per heavy atom. The standard InChI is InChI=1S/C22H24Br2N2O2/c1-3-5-11-25-15-9-7-13(23)17-19(15)21(27)18-14(24)8-10-16(20(18)22(17)28)26-12-6-4-2/h7-10,25-26H,3-6,11-12H2,1-2H3. The molecule has 0 unspecified atom stereocenters. The van der Waals surface area contributed by atoms with Crippen LogP contribution in [0.1, 0.15) is 71.4 Å². The molecule has 4 nitrogen and oxygen atoms in total. The maximum atomic E-state index is 13.5. The lowest BCUT2D eigenvalue weighted by Gasteiger charge is -2.25. The lowest BCUT2D eigenvalue weighted by atomic mass is 9.82. The molecule has 3 rings (SSSR count). The van der Waals surface area contributed by atoms with Crippen molar-refractivity contribution in [2.24, 2.45) is 0 Å². The minimum atomic E-state index is -0.129. The monoisotopic (exact) mass is 506 g/mol. The third kappa shape index (κ3) is 3.90. The van der Waals surface area contributed by atoms with Gasteiger partial charge >= 0.3 is 0 Å². The Hall–Kier alpha value is -1.66. The number of nitrogens with one attached hydrogen (secondary N) is 2. The fraction of sp³-hybridized carbons (Fsp3) is 0.364. The van der Waals surface area contributed by atoms with Crippen molar-refractivity contribution in [1.29, 1.82) is 0 Å². The van der Waals surface area contributed by atoms with Crippen molar-refractivity contribution in [1.82, 2.24) is 0 Å². The van der Waals surface area contributed by atoms with Crippen LogP contribution in [0.4, 0.5) is 11.4 Å². The predicted molar refractivity (Wildman–Crippen MR) is 122 cm³/mol. The van der Waals surface area contributed by atoms with Crippen molar-refractivity contribution in [3.8, 4) is 0 Å². The molecular formula is C22H24Br2N2O2. The fourth-order valence-corrected chi connectivity index (χ4v) is 4.44. The zero-order valence-electron chi connectivity index (χ0n) is 16.1. The third-order valence-corrected chi connectivity index (χ3v) is 6.23. The van der Waals surface area contributed by atoms with E-state index in [1.54, 1.807) is 0 Å². The van der Waals surface area contributed by atoms with Gasteiger partial charge in [-0.05, 0) is 37.1 Å². The largest absolute Gasteiger partial charge is 0.384 e. The summed E-state index contributed by atoms with van der Waals surface area (Å²) in [7, 11) is 0. The highest BCUT2D eigenvalue weighted by Gasteiger charge is 2.36. The van der Waals surface area contributed by atoms with Gasteiger partial charge < -0.3 is 10.6 Å². The molecule has 1 aliphatic carbocycles. The number of rotatable bonds is 8. The molecule has 2 aromatic rings. The number of ketones is 2. The second kappa shape index (κ2) is 9.23. The number of anilines is 2. The van der Waals surface area contributed by atoms with Crippen LogP contribution in [0.15, 0.2) is 33.2 Å². The SMILES string of the molecule is CCCCNc1ccc(Br)c2c1C(=O)c1c(Br)ccc(NCCCC)c1C2=O. The average Bonchev–Trinajstić information content (AvgIpc) is 2.68. The van der Waals surface area contributed by atoms with Crippen molar-refractivity contribution in [2.45, 2.75) is 39.5 Å².